The van der Waals surface area contributed by atoms with E-state index in [1.807, 2.05) is 30.3 Å². The minimum absolute atomic E-state index is 0.632. The highest BCUT2D eigenvalue weighted by Crippen LogP contribution is 2.72. The third-order valence-corrected chi connectivity index (χ3v) is 4.96. The molecule has 0 saturated heterocycles. The second kappa shape index (κ2) is 9.47. The van der Waals surface area contributed by atoms with E-state index in [9.17, 15) is 53.4 Å². The quantitative estimate of drug-likeness (QED) is 0.203. The van der Waals surface area contributed by atoms with Crippen molar-refractivity contribution in [3.05, 3.63) is 31.4 Å². The first kappa shape index (κ1) is 27.4. The van der Waals surface area contributed by atoms with Crippen molar-refractivity contribution in [2.75, 3.05) is 13.2 Å². The molecule has 0 aliphatic heterocycles. The zero-order chi connectivity index (χ0) is 23.3. The number of hydrogen-bond donors (Lipinski definition) is 0. The van der Waals surface area contributed by atoms with Gasteiger partial charge in [0.25, 0.3) is 0 Å². The van der Waals surface area contributed by atoms with Crippen LogP contribution in [0.4, 0.5) is 43.9 Å². The summed E-state index contributed by atoms with van der Waals surface area (Å²) in [5, 5.41) is 0. The highest BCUT2D eigenvalue weighted by atomic mass is 31.2. The van der Waals surface area contributed by atoms with Gasteiger partial charge in [0, 0.05) is 0 Å². The summed E-state index contributed by atoms with van der Waals surface area (Å²) in [5.41, 5.74) is -14.4. The average Bonchev–Trinajstić information content (AvgIpc) is 2.95. The third-order valence-electron chi connectivity index (χ3n) is 2.97. The first-order valence-corrected chi connectivity index (χ1v) is 8.85. The summed E-state index contributed by atoms with van der Waals surface area (Å²) >= 11 is 0. The summed E-state index contributed by atoms with van der Waals surface area (Å²) < 4.78 is 136. The Labute approximate surface area is 157 Å². The van der Waals surface area contributed by atoms with Crippen LogP contribution >= 0.6 is 7.37 Å². The number of aromatic nitrogens is 2. The maximum atomic E-state index is 12.1. The molecule has 0 radical (unpaired) electrons. The minimum atomic E-state index is -8.51. The summed E-state index contributed by atoms with van der Waals surface area (Å²) in [4.78, 5) is 10.1. The van der Waals surface area contributed by atoms with Gasteiger partial charge in [-0.15, -0.1) is 6.58 Å². The van der Waals surface area contributed by atoms with E-state index in [0.29, 0.717) is 6.61 Å². The monoisotopic (exact) mass is 468 g/mol. The van der Waals surface area contributed by atoms with Crippen LogP contribution in [-0.4, -0.2) is 41.5 Å². The maximum Gasteiger partial charge on any atom is 0.459 e. The maximum absolute atomic E-state index is 12.1. The number of hydrogen-bond acceptors (Lipinski definition) is 3. The number of alkyl halides is 10. The van der Waals surface area contributed by atoms with Crippen molar-refractivity contribution in [2.45, 2.75) is 30.2 Å². The highest BCUT2D eigenvalue weighted by Gasteiger charge is 2.78. The van der Waals surface area contributed by atoms with Gasteiger partial charge in [-0.25, -0.2) is 9.13 Å². The van der Waals surface area contributed by atoms with E-state index in [0.717, 1.165) is 13.2 Å². The molecule has 0 aliphatic carbocycles. The Bertz CT molecular complexity index is 684. The number of ether oxygens (including phenoxy) is 1. The van der Waals surface area contributed by atoms with Crippen LogP contribution in [0.2, 0.25) is 0 Å². The van der Waals surface area contributed by atoms with E-state index in [-0.39, 0.29) is 0 Å². The van der Waals surface area contributed by atoms with E-state index >= 15 is 0 Å². The molecule has 170 valence electrons. The summed E-state index contributed by atoms with van der Waals surface area (Å²) in [6.07, 6.45) is -6.35. The van der Waals surface area contributed by atoms with Crippen LogP contribution in [0.15, 0.2) is 31.4 Å². The fraction of sp³-hybridized carbons (Fsp3) is 0.615. The first-order chi connectivity index (χ1) is 12.8. The van der Waals surface area contributed by atoms with Gasteiger partial charge in [-0.05, 0) is 0 Å². The lowest BCUT2D eigenvalue weighted by molar-refractivity contribution is -0.671. The molecule has 0 aliphatic rings. The molecule has 0 amide bonds. The lowest BCUT2D eigenvalue weighted by Crippen LogP contribution is -2.50. The van der Waals surface area contributed by atoms with Crippen LogP contribution in [0.25, 0.3) is 0 Å². The first-order valence-electron chi connectivity index (χ1n) is 7.23. The van der Waals surface area contributed by atoms with E-state index in [1.165, 1.54) is 0 Å². The highest BCUT2D eigenvalue weighted by molar-refractivity contribution is 7.59. The van der Waals surface area contributed by atoms with Gasteiger partial charge in [-0.2, -0.15) is 43.9 Å². The van der Waals surface area contributed by atoms with Crippen LogP contribution < -0.4 is 9.46 Å². The van der Waals surface area contributed by atoms with E-state index < -0.39 is 31.0 Å². The smallest absolute Gasteiger partial charge is 0.459 e. The van der Waals surface area contributed by atoms with Crippen LogP contribution in [0.1, 0.15) is 0 Å². The van der Waals surface area contributed by atoms with E-state index in [4.69, 9.17) is 4.74 Å². The Kier molecular flexibility index (Phi) is 8.95. The number of aryl methyl sites for hydroxylation is 1. The number of halogens is 10. The van der Waals surface area contributed by atoms with Crippen molar-refractivity contribution in [1.29, 1.82) is 0 Å². The van der Waals surface area contributed by atoms with Crippen molar-refractivity contribution in [2.24, 2.45) is 7.05 Å². The molecule has 1 rings (SSSR count). The van der Waals surface area contributed by atoms with Crippen LogP contribution in [-0.2, 0) is 22.9 Å². The van der Waals surface area contributed by atoms with Gasteiger partial charge in [-0.3, -0.25) is 0 Å². The average molecular weight is 468 g/mol. The van der Waals surface area contributed by atoms with Crippen LogP contribution in [0, 0.1) is 0 Å². The summed E-state index contributed by atoms with van der Waals surface area (Å²) in [7, 11) is -6.51. The Balaban J connectivity index is 0.000000571. The van der Waals surface area contributed by atoms with Crippen molar-refractivity contribution in [3.63, 3.8) is 0 Å². The molecule has 1 aromatic heterocycles. The molecule has 0 atom stereocenters. The van der Waals surface area contributed by atoms with Gasteiger partial charge in [-0.1, -0.05) is 6.08 Å². The van der Waals surface area contributed by atoms with Gasteiger partial charge in [0.15, 0.2) is 7.37 Å². The molecule has 5 nitrogen and oxygen atoms in total. The molecule has 0 aromatic carbocycles. The zero-order valence-electron chi connectivity index (χ0n) is 14.5. The van der Waals surface area contributed by atoms with Gasteiger partial charge in [0.1, 0.15) is 18.9 Å². The predicted molar refractivity (Wildman–Crippen MR) is 76.2 cm³/mol. The molecule has 16 heteroatoms. The molecule has 0 fully saturated rings. The lowest BCUT2D eigenvalue weighted by atomic mass is 10.6. The Morgan fingerprint density at radius 3 is 1.83 bits per heavy atom. The van der Waals surface area contributed by atoms with Gasteiger partial charge in [0.05, 0.1) is 20.3 Å². The normalized spacial score (nSPS) is 13.7. The van der Waals surface area contributed by atoms with Gasteiger partial charge >= 0.3 is 23.7 Å². The fourth-order valence-electron chi connectivity index (χ4n) is 1.48. The minimum Gasteiger partial charge on any atom is -0.790 e. The SMILES string of the molecule is C=CCOCCn1cc[n+](C)c1.O=P([O-])(C(F)(F)C(F)(F)F)C(F)(F)C(F)(F)F. The molecule has 1 aromatic rings. The molecule has 29 heavy (non-hydrogen) atoms. The Hall–Kier alpha value is -1.60. The zero-order valence-corrected chi connectivity index (χ0v) is 15.4. The second-order valence-corrected chi connectivity index (χ2v) is 7.54. The van der Waals surface area contributed by atoms with Crippen molar-refractivity contribution in [1.82, 2.24) is 4.57 Å². The number of nitrogens with zero attached hydrogens (tertiary/aromatic N) is 2. The van der Waals surface area contributed by atoms with Crippen LogP contribution in [0.5, 0.6) is 0 Å². The Morgan fingerprint density at radius 1 is 1.07 bits per heavy atom. The summed E-state index contributed by atoms with van der Waals surface area (Å²) in [6, 6.07) is 0. The largest absolute Gasteiger partial charge is 0.790 e. The van der Waals surface area contributed by atoms with Crippen molar-refractivity contribution >= 4 is 7.37 Å². The molecular formula is C13H15F10N2O3P. The van der Waals surface area contributed by atoms with Crippen molar-refractivity contribution < 1.29 is 62.7 Å². The van der Waals surface area contributed by atoms with Crippen LogP contribution in [0.3, 0.4) is 0 Å². The molecule has 0 saturated carbocycles. The summed E-state index contributed by atoms with van der Waals surface area (Å²) in [6.45, 7) is 5.84. The molecule has 0 spiro atoms. The standard InChI is InChI=1S/C9H15N2O.C4HF10O2P/c1-3-7-12-8-6-11-5-4-10(2)9-11;5-1(6,7)3(11,12)17(15,16)4(13,14)2(8,9)10/h3-5,9H,1,6-8H2,2H3;(H,15,16)/q+1;/p-1. The lowest BCUT2D eigenvalue weighted by Gasteiger charge is -2.38. The van der Waals surface area contributed by atoms with Gasteiger partial charge in [0.2, 0.25) is 6.33 Å². The number of imidazole rings is 1. The fourth-order valence-corrected chi connectivity index (χ4v) is 2.50. The Morgan fingerprint density at radius 2 is 1.52 bits per heavy atom. The molecule has 1 heterocycles. The van der Waals surface area contributed by atoms with E-state index in [1.54, 1.807) is 6.08 Å². The molecular weight excluding hydrogens is 453 g/mol. The second-order valence-electron chi connectivity index (χ2n) is 5.31. The third kappa shape index (κ3) is 6.44. The number of rotatable bonds is 7. The molecule has 0 unspecified atom stereocenters. The van der Waals surface area contributed by atoms with Crippen molar-refractivity contribution in [3.8, 4) is 0 Å². The molecule has 0 N–H and O–H groups in total. The summed E-state index contributed by atoms with van der Waals surface area (Å²) in [5.74, 6) is 0. The van der Waals surface area contributed by atoms with Gasteiger partial charge < -0.3 is 14.2 Å². The van der Waals surface area contributed by atoms with E-state index in [2.05, 4.69) is 11.1 Å². The topological polar surface area (TPSA) is 58.2 Å². The molecule has 0 bridgehead atoms. The predicted octanol–water partition coefficient (Wildman–Crippen LogP) is 3.45.